The number of rotatable bonds is 4. The number of Topliss-reactive ketones (excluding diaryl/α,β-unsaturated/α-hetero) is 2. The maximum atomic E-state index is 14.5. The molecule has 6 rings (SSSR count). The normalized spacial score (nSPS) is 29.6. The van der Waals surface area contributed by atoms with Crippen LogP contribution in [0.1, 0.15) is 101 Å². The molecule has 0 radical (unpaired) electrons. The molecule has 3 aromatic carbocycles. The molecule has 3 aliphatic rings. The van der Waals surface area contributed by atoms with Crippen molar-refractivity contribution < 1.29 is 9.59 Å². The average molecular weight is 546 g/mol. The third-order valence-corrected chi connectivity index (χ3v) is 10.4. The first-order valence-corrected chi connectivity index (χ1v) is 14.9. The minimum atomic E-state index is -0.582. The number of carbonyl (C=O) groups is 2. The fourth-order valence-electron chi connectivity index (χ4n) is 7.96. The second-order valence-electron chi connectivity index (χ2n) is 11.7. The quantitative estimate of drug-likeness (QED) is 0.327. The van der Waals surface area contributed by atoms with Crippen molar-refractivity contribution in [2.45, 2.75) is 69.6 Å². The van der Waals surface area contributed by atoms with Crippen molar-refractivity contribution in [1.29, 1.82) is 0 Å². The maximum Gasteiger partial charge on any atom is 0.170 e. The van der Waals surface area contributed by atoms with E-state index in [2.05, 4.69) is 24.3 Å². The van der Waals surface area contributed by atoms with E-state index in [0.717, 1.165) is 61.4 Å². The fraction of sp³-hybridized carbons (Fsp3) is 0.412. The van der Waals surface area contributed by atoms with Gasteiger partial charge in [0.15, 0.2) is 11.6 Å². The van der Waals surface area contributed by atoms with Gasteiger partial charge in [0.1, 0.15) is 0 Å². The molecule has 0 N–H and O–H groups in total. The first-order valence-electron chi connectivity index (χ1n) is 14.1. The first kappa shape index (κ1) is 25.8. The maximum absolute atomic E-state index is 14.5. The highest BCUT2D eigenvalue weighted by Crippen LogP contribution is 2.57. The average Bonchev–Trinajstić information content (AvgIpc) is 2.96. The van der Waals surface area contributed by atoms with Crippen molar-refractivity contribution in [2.24, 2.45) is 17.3 Å². The second kappa shape index (κ2) is 10.6. The summed E-state index contributed by atoms with van der Waals surface area (Å²) < 4.78 is 0. The molecule has 3 aliphatic carbocycles. The molecule has 0 heterocycles. The van der Waals surface area contributed by atoms with Crippen molar-refractivity contribution in [1.82, 2.24) is 0 Å². The van der Waals surface area contributed by atoms with E-state index in [1.54, 1.807) is 0 Å². The Morgan fingerprint density at radius 1 is 0.553 bits per heavy atom. The highest BCUT2D eigenvalue weighted by Gasteiger charge is 2.56. The van der Waals surface area contributed by atoms with Crippen molar-refractivity contribution in [3.63, 3.8) is 0 Å². The van der Waals surface area contributed by atoms with Crippen LogP contribution in [0.3, 0.4) is 0 Å². The van der Waals surface area contributed by atoms with Crippen LogP contribution in [-0.4, -0.2) is 11.6 Å². The molecule has 0 saturated heterocycles. The second-order valence-corrected chi connectivity index (χ2v) is 12.6. The van der Waals surface area contributed by atoms with Crippen LogP contribution in [0.4, 0.5) is 0 Å². The van der Waals surface area contributed by atoms with E-state index in [9.17, 15) is 9.59 Å². The van der Waals surface area contributed by atoms with E-state index in [0.29, 0.717) is 29.4 Å². The van der Waals surface area contributed by atoms with Gasteiger partial charge >= 0.3 is 0 Å². The van der Waals surface area contributed by atoms with Crippen LogP contribution in [0, 0.1) is 17.3 Å². The molecular weight excluding hydrogens is 511 g/mol. The fourth-order valence-corrected chi connectivity index (χ4v) is 8.21. The van der Waals surface area contributed by atoms with E-state index in [1.807, 2.05) is 48.5 Å². The molecule has 4 heteroatoms. The third-order valence-electron chi connectivity index (χ3n) is 9.94. The molecule has 0 atom stereocenters. The number of ketones is 2. The van der Waals surface area contributed by atoms with Crippen LogP contribution in [0.25, 0.3) is 0 Å². The molecular formula is C34H34Cl2O2. The molecule has 2 saturated carbocycles. The molecule has 0 aliphatic heterocycles. The van der Waals surface area contributed by atoms with Crippen molar-refractivity contribution >= 4 is 34.8 Å². The van der Waals surface area contributed by atoms with Gasteiger partial charge in [0.25, 0.3) is 0 Å². The Morgan fingerprint density at radius 2 is 0.974 bits per heavy atom. The Bertz CT molecular complexity index is 1250. The zero-order chi connectivity index (χ0) is 26.3. The molecule has 2 fully saturated rings. The summed E-state index contributed by atoms with van der Waals surface area (Å²) in [5, 5.41) is 1.53. The van der Waals surface area contributed by atoms with Crippen LogP contribution in [0.15, 0.2) is 72.8 Å². The minimum absolute atomic E-state index is 0.153. The van der Waals surface area contributed by atoms with Gasteiger partial charge in [-0.05, 0) is 110 Å². The monoisotopic (exact) mass is 544 g/mol. The third kappa shape index (κ3) is 4.65. The highest BCUT2D eigenvalue weighted by atomic mass is 35.5. The molecule has 0 amide bonds. The summed E-state index contributed by atoms with van der Waals surface area (Å²) in [4.78, 5) is 28.1. The summed E-state index contributed by atoms with van der Waals surface area (Å²) in [7, 11) is 0. The van der Waals surface area contributed by atoms with Crippen LogP contribution in [-0.2, 0) is 0 Å². The summed E-state index contributed by atoms with van der Waals surface area (Å²) >= 11 is 12.3. The van der Waals surface area contributed by atoms with Gasteiger partial charge in [0.05, 0.1) is 0 Å². The van der Waals surface area contributed by atoms with Gasteiger partial charge in [-0.2, -0.15) is 0 Å². The van der Waals surface area contributed by atoms with Crippen molar-refractivity contribution in [3.05, 3.63) is 105 Å². The first-order chi connectivity index (χ1) is 18.5. The minimum Gasteiger partial charge on any atom is -0.294 e. The Hall–Kier alpha value is -2.42. The number of benzene rings is 3. The molecule has 0 aromatic heterocycles. The summed E-state index contributed by atoms with van der Waals surface area (Å²) in [6.07, 6.45) is 8.55. The smallest absolute Gasteiger partial charge is 0.170 e. The standard InChI is InChI=1S/C34H34Cl2O2/c35-28-17-9-24(10-18-28)22-5-13-26(14-6-22)34(21-32(37)30-3-1-2-4-31(30)33(34)38)27-15-7-23(8-16-27)25-11-19-29(36)20-12-25/h1-4,9-12,17-20,22-23,26-27H,5-8,13-16,21H2. The van der Waals surface area contributed by atoms with Crippen LogP contribution >= 0.6 is 23.2 Å². The lowest BCUT2D eigenvalue weighted by Crippen LogP contribution is -2.51. The Morgan fingerprint density at radius 3 is 1.42 bits per heavy atom. The largest absolute Gasteiger partial charge is 0.294 e. The lowest BCUT2D eigenvalue weighted by atomic mass is 9.51. The molecule has 196 valence electrons. The summed E-state index contributed by atoms with van der Waals surface area (Å²) in [6, 6.07) is 24.0. The van der Waals surface area contributed by atoms with E-state index >= 15 is 0 Å². The summed E-state index contributed by atoms with van der Waals surface area (Å²) in [6.45, 7) is 0. The Balaban J connectivity index is 1.28. The van der Waals surface area contributed by atoms with Gasteiger partial charge in [-0.25, -0.2) is 0 Å². The van der Waals surface area contributed by atoms with Crippen LogP contribution in [0.5, 0.6) is 0 Å². The molecule has 0 bridgehead atoms. The van der Waals surface area contributed by atoms with Crippen molar-refractivity contribution in [3.8, 4) is 0 Å². The van der Waals surface area contributed by atoms with Crippen LogP contribution in [0.2, 0.25) is 10.0 Å². The highest BCUT2D eigenvalue weighted by molar-refractivity contribution is 6.30. The van der Waals surface area contributed by atoms with Gasteiger partial charge in [0, 0.05) is 33.0 Å². The van der Waals surface area contributed by atoms with E-state index < -0.39 is 5.41 Å². The SMILES string of the molecule is O=C1CC(C2CCC(c3ccc(Cl)cc3)CC2)(C2CCC(c3ccc(Cl)cc3)CC2)C(=O)c2ccccc21. The van der Waals surface area contributed by atoms with Gasteiger partial charge in [-0.15, -0.1) is 0 Å². The van der Waals surface area contributed by atoms with E-state index in [1.165, 1.54) is 11.1 Å². The molecule has 38 heavy (non-hydrogen) atoms. The Labute approximate surface area is 235 Å². The predicted molar refractivity (Wildman–Crippen MR) is 154 cm³/mol. The van der Waals surface area contributed by atoms with Gasteiger partial charge in [0.2, 0.25) is 0 Å². The number of hydrogen-bond acceptors (Lipinski definition) is 2. The number of fused-ring (bicyclic) bond motifs is 1. The summed E-state index contributed by atoms with van der Waals surface area (Å²) in [5.41, 5.74) is 3.37. The van der Waals surface area contributed by atoms with Crippen LogP contribution < -0.4 is 0 Å². The predicted octanol–water partition coefficient (Wildman–Crippen LogP) is 9.70. The number of hydrogen-bond donors (Lipinski definition) is 0. The molecule has 3 aromatic rings. The topological polar surface area (TPSA) is 34.1 Å². The molecule has 0 unspecified atom stereocenters. The lowest BCUT2D eigenvalue weighted by Gasteiger charge is -2.51. The number of halogens is 2. The zero-order valence-electron chi connectivity index (χ0n) is 21.7. The van der Waals surface area contributed by atoms with Gasteiger partial charge < -0.3 is 0 Å². The van der Waals surface area contributed by atoms with Gasteiger partial charge in [-0.3, -0.25) is 9.59 Å². The van der Waals surface area contributed by atoms with E-state index in [-0.39, 0.29) is 23.4 Å². The Kier molecular flexibility index (Phi) is 7.22. The molecule has 2 nitrogen and oxygen atoms in total. The van der Waals surface area contributed by atoms with E-state index in [4.69, 9.17) is 23.2 Å². The summed E-state index contributed by atoms with van der Waals surface area (Å²) in [5.74, 6) is 1.85. The number of carbonyl (C=O) groups excluding carboxylic acids is 2. The zero-order valence-corrected chi connectivity index (χ0v) is 23.2. The van der Waals surface area contributed by atoms with Gasteiger partial charge in [-0.1, -0.05) is 71.7 Å². The van der Waals surface area contributed by atoms with Crippen molar-refractivity contribution in [2.75, 3.05) is 0 Å². The lowest BCUT2D eigenvalue weighted by molar-refractivity contribution is 0.0123. The molecule has 0 spiro atoms.